The molecule has 0 aromatic heterocycles. The first-order valence-electron chi connectivity index (χ1n) is 2.88. The Morgan fingerprint density at radius 1 is 1.67 bits per heavy atom. The van der Waals surface area contributed by atoms with E-state index in [1.54, 1.807) is 0 Å². The lowest BCUT2D eigenvalue weighted by Crippen LogP contribution is -2.13. The second-order valence-corrected chi connectivity index (χ2v) is 2.64. The summed E-state index contributed by atoms with van der Waals surface area (Å²) in [6, 6.07) is 0. The van der Waals surface area contributed by atoms with Crippen LogP contribution in [0.5, 0.6) is 0 Å². The summed E-state index contributed by atoms with van der Waals surface area (Å²) >= 11 is 0. The SMILES string of the molecule is C=C=C(C)C(C)(C)C=O. The first-order valence-corrected chi connectivity index (χ1v) is 2.88. The van der Waals surface area contributed by atoms with Crippen molar-refractivity contribution in [2.75, 3.05) is 0 Å². The van der Waals surface area contributed by atoms with E-state index in [4.69, 9.17) is 0 Å². The largest absolute Gasteiger partial charge is 0.302 e. The highest BCUT2D eigenvalue weighted by Crippen LogP contribution is 2.20. The van der Waals surface area contributed by atoms with Gasteiger partial charge in [-0.15, -0.1) is 5.73 Å². The van der Waals surface area contributed by atoms with Crippen LogP contribution in [-0.2, 0) is 4.79 Å². The quantitative estimate of drug-likeness (QED) is 0.406. The number of carbonyl (C=O) groups is 1. The van der Waals surface area contributed by atoms with E-state index in [0.29, 0.717) is 0 Å². The fraction of sp³-hybridized carbons (Fsp3) is 0.500. The molecular weight excluding hydrogens is 112 g/mol. The van der Waals surface area contributed by atoms with Gasteiger partial charge >= 0.3 is 0 Å². The van der Waals surface area contributed by atoms with Crippen LogP contribution in [0.15, 0.2) is 17.9 Å². The molecule has 50 valence electrons. The Bertz CT molecular complexity index is 159. The lowest BCUT2D eigenvalue weighted by atomic mass is 9.88. The number of rotatable bonds is 2. The van der Waals surface area contributed by atoms with Gasteiger partial charge in [0.05, 0.1) is 0 Å². The van der Waals surface area contributed by atoms with Gasteiger partial charge in [0, 0.05) is 5.41 Å². The summed E-state index contributed by atoms with van der Waals surface area (Å²) in [6.45, 7) is 8.98. The van der Waals surface area contributed by atoms with Crippen LogP contribution in [-0.4, -0.2) is 6.29 Å². The Balaban J connectivity index is 4.52. The highest BCUT2D eigenvalue weighted by molar-refractivity contribution is 5.63. The Morgan fingerprint density at radius 3 is 2.22 bits per heavy atom. The monoisotopic (exact) mass is 124 g/mol. The summed E-state index contributed by atoms with van der Waals surface area (Å²) in [5.74, 6) is 0. The minimum Gasteiger partial charge on any atom is -0.302 e. The standard InChI is InChI=1S/C8H12O/c1-5-7(2)8(3,4)6-9/h6H,1H2,2-4H3. The van der Waals surface area contributed by atoms with Crippen LogP contribution in [0, 0.1) is 5.41 Å². The molecule has 0 N–H and O–H groups in total. The van der Waals surface area contributed by atoms with E-state index >= 15 is 0 Å². The van der Waals surface area contributed by atoms with Crippen molar-refractivity contribution in [3.05, 3.63) is 17.9 Å². The third-order valence-corrected chi connectivity index (χ3v) is 1.53. The van der Waals surface area contributed by atoms with Gasteiger partial charge < -0.3 is 4.79 Å². The Hall–Kier alpha value is -0.810. The van der Waals surface area contributed by atoms with E-state index in [1.165, 1.54) is 0 Å². The number of allylic oxidation sites excluding steroid dienone is 1. The van der Waals surface area contributed by atoms with E-state index < -0.39 is 0 Å². The van der Waals surface area contributed by atoms with Crippen LogP contribution in [0.4, 0.5) is 0 Å². The van der Waals surface area contributed by atoms with Gasteiger partial charge in [0.25, 0.3) is 0 Å². The molecule has 0 fully saturated rings. The van der Waals surface area contributed by atoms with Crippen molar-refractivity contribution in [2.45, 2.75) is 20.8 Å². The van der Waals surface area contributed by atoms with Gasteiger partial charge in [0.2, 0.25) is 0 Å². The maximum atomic E-state index is 10.3. The van der Waals surface area contributed by atoms with Crippen molar-refractivity contribution in [2.24, 2.45) is 5.41 Å². The van der Waals surface area contributed by atoms with Crippen LogP contribution in [0.25, 0.3) is 0 Å². The van der Waals surface area contributed by atoms with Gasteiger partial charge in [-0.2, -0.15) is 0 Å². The Labute approximate surface area is 56.1 Å². The third kappa shape index (κ3) is 1.87. The van der Waals surface area contributed by atoms with Crippen molar-refractivity contribution >= 4 is 6.29 Å². The predicted octanol–water partition coefficient (Wildman–Crippen LogP) is 1.94. The molecule has 1 heteroatoms. The number of aldehydes is 1. The van der Waals surface area contributed by atoms with Gasteiger partial charge in [-0.05, 0) is 26.3 Å². The molecule has 1 nitrogen and oxygen atoms in total. The number of hydrogen-bond acceptors (Lipinski definition) is 1. The third-order valence-electron chi connectivity index (χ3n) is 1.53. The van der Waals surface area contributed by atoms with Crippen molar-refractivity contribution in [1.29, 1.82) is 0 Å². The molecule has 0 amide bonds. The minimum absolute atomic E-state index is 0.387. The zero-order valence-electron chi connectivity index (χ0n) is 6.19. The molecule has 0 radical (unpaired) electrons. The van der Waals surface area contributed by atoms with Crippen LogP contribution in [0.2, 0.25) is 0 Å². The van der Waals surface area contributed by atoms with E-state index in [0.717, 1.165) is 11.9 Å². The normalized spacial score (nSPS) is 10.1. The molecule has 0 aliphatic carbocycles. The van der Waals surface area contributed by atoms with E-state index in [2.05, 4.69) is 12.3 Å². The van der Waals surface area contributed by atoms with Crippen LogP contribution in [0.3, 0.4) is 0 Å². The van der Waals surface area contributed by atoms with Crippen molar-refractivity contribution in [3.63, 3.8) is 0 Å². The average molecular weight is 124 g/mol. The van der Waals surface area contributed by atoms with Crippen LogP contribution >= 0.6 is 0 Å². The van der Waals surface area contributed by atoms with Crippen LogP contribution in [0.1, 0.15) is 20.8 Å². The summed E-state index contributed by atoms with van der Waals surface area (Å²) in [5, 5.41) is 0. The topological polar surface area (TPSA) is 17.1 Å². The molecule has 0 aromatic carbocycles. The Morgan fingerprint density at radius 2 is 2.11 bits per heavy atom. The molecule has 0 aliphatic heterocycles. The zero-order chi connectivity index (χ0) is 7.49. The van der Waals surface area contributed by atoms with E-state index in [-0.39, 0.29) is 5.41 Å². The molecule has 0 aliphatic rings. The number of hydrogen-bond donors (Lipinski definition) is 0. The maximum absolute atomic E-state index is 10.3. The summed E-state index contributed by atoms with van der Waals surface area (Å²) in [4.78, 5) is 10.3. The highest BCUT2D eigenvalue weighted by Gasteiger charge is 2.17. The summed E-state index contributed by atoms with van der Waals surface area (Å²) < 4.78 is 0. The predicted molar refractivity (Wildman–Crippen MR) is 38.2 cm³/mol. The molecule has 0 saturated carbocycles. The molecule has 0 aromatic rings. The van der Waals surface area contributed by atoms with E-state index in [1.807, 2.05) is 20.8 Å². The lowest BCUT2D eigenvalue weighted by molar-refractivity contribution is -0.113. The van der Waals surface area contributed by atoms with Gasteiger partial charge in [0.15, 0.2) is 0 Å². The van der Waals surface area contributed by atoms with Crippen molar-refractivity contribution in [1.82, 2.24) is 0 Å². The van der Waals surface area contributed by atoms with Gasteiger partial charge in [-0.1, -0.05) is 6.58 Å². The molecule has 0 heterocycles. The first kappa shape index (κ1) is 8.19. The fourth-order valence-electron chi connectivity index (χ4n) is 0.316. The minimum atomic E-state index is -0.387. The van der Waals surface area contributed by atoms with E-state index in [9.17, 15) is 4.79 Å². The number of carbonyl (C=O) groups excluding carboxylic acids is 1. The summed E-state index contributed by atoms with van der Waals surface area (Å²) in [6.07, 6.45) is 0.903. The molecular formula is C8H12O. The molecule has 0 saturated heterocycles. The molecule has 0 spiro atoms. The van der Waals surface area contributed by atoms with Gasteiger partial charge in [-0.3, -0.25) is 0 Å². The fourth-order valence-corrected chi connectivity index (χ4v) is 0.316. The average Bonchev–Trinajstić information content (AvgIpc) is 1.86. The highest BCUT2D eigenvalue weighted by atomic mass is 16.1. The molecule has 0 atom stereocenters. The molecule has 0 bridgehead atoms. The van der Waals surface area contributed by atoms with Crippen LogP contribution < -0.4 is 0 Å². The van der Waals surface area contributed by atoms with Crippen molar-refractivity contribution < 1.29 is 4.79 Å². The maximum Gasteiger partial charge on any atom is 0.130 e. The second-order valence-electron chi connectivity index (χ2n) is 2.64. The first-order chi connectivity index (χ1) is 4.04. The van der Waals surface area contributed by atoms with Crippen molar-refractivity contribution in [3.8, 4) is 0 Å². The smallest absolute Gasteiger partial charge is 0.130 e. The van der Waals surface area contributed by atoms with Gasteiger partial charge in [-0.25, -0.2) is 0 Å². The summed E-state index contributed by atoms with van der Waals surface area (Å²) in [5.41, 5.74) is 3.19. The van der Waals surface area contributed by atoms with Gasteiger partial charge in [0.1, 0.15) is 6.29 Å². The Kier molecular flexibility index (Phi) is 2.41. The summed E-state index contributed by atoms with van der Waals surface area (Å²) in [7, 11) is 0. The molecule has 0 unspecified atom stereocenters. The zero-order valence-corrected chi connectivity index (χ0v) is 6.19. The lowest BCUT2D eigenvalue weighted by Gasteiger charge is -2.14. The molecule has 9 heavy (non-hydrogen) atoms. The molecule has 0 rings (SSSR count). The second kappa shape index (κ2) is 2.65.